The molecule has 1 aliphatic rings. The molecule has 0 unspecified atom stereocenters. The first-order valence-electron chi connectivity index (χ1n) is 6.63. The van der Waals surface area contributed by atoms with Crippen LogP contribution in [0.4, 0.5) is 5.82 Å². The molecule has 1 aliphatic heterocycles. The second-order valence-corrected chi connectivity index (χ2v) is 4.67. The number of H-pyrrole nitrogens is 1. The van der Waals surface area contributed by atoms with Crippen LogP contribution in [0.15, 0.2) is 12.3 Å². The summed E-state index contributed by atoms with van der Waals surface area (Å²) in [5, 5.41) is 3.57. The number of nitrogens with zero attached hydrogens (tertiary/aromatic N) is 1. The Morgan fingerprint density at radius 3 is 2.94 bits per heavy atom. The van der Waals surface area contributed by atoms with E-state index in [1.165, 1.54) is 35.5 Å². The number of anilines is 1. The van der Waals surface area contributed by atoms with E-state index in [0.717, 1.165) is 19.5 Å². The number of aryl methyl sites for hydroxylation is 1. The number of hydrogen-bond donors (Lipinski definition) is 2. The van der Waals surface area contributed by atoms with Gasteiger partial charge in [0.15, 0.2) is 0 Å². The van der Waals surface area contributed by atoms with E-state index < -0.39 is 0 Å². The summed E-state index contributed by atoms with van der Waals surface area (Å²) >= 11 is 0. The zero-order valence-electron chi connectivity index (χ0n) is 11.1. The first-order valence-corrected chi connectivity index (χ1v) is 6.63. The topological polar surface area (TPSA) is 31.1 Å². The first kappa shape index (κ1) is 12.1. The molecular weight excluding hydrogens is 210 g/mol. The van der Waals surface area contributed by atoms with Crippen molar-refractivity contribution in [1.82, 2.24) is 10.3 Å². The van der Waals surface area contributed by atoms with Gasteiger partial charge in [0.1, 0.15) is 5.82 Å². The monoisotopic (exact) mass is 233 g/mol. The Hall–Kier alpha value is -1.38. The van der Waals surface area contributed by atoms with Crippen LogP contribution in [0.1, 0.15) is 37.8 Å². The molecule has 1 aromatic heterocycles. The lowest BCUT2D eigenvalue weighted by Gasteiger charge is -2.25. The highest BCUT2D eigenvalue weighted by Gasteiger charge is 2.20. The van der Waals surface area contributed by atoms with Gasteiger partial charge in [0.2, 0.25) is 0 Å². The van der Waals surface area contributed by atoms with Crippen molar-refractivity contribution in [2.45, 2.75) is 33.1 Å². The Morgan fingerprint density at radius 2 is 2.24 bits per heavy atom. The van der Waals surface area contributed by atoms with Gasteiger partial charge in [-0.2, -0.15) is 0 Å². The second-order valence-electron chi connectivity index (χ2n) is 4.67. The number of likely N-dealkylation sites (N-methyl/N-ethyl adjacent to an activating group) is 1. The predicted molar refractivity (Wildman–Crippen MR) is 74.3 cm³/mol. The van der Waals surface area contributed by atoms with Crippen molar-refractivity contribution >= 4 is 11.5 Å². The van der Waals surface area contributed by atoms with Crippen LogP contribution in [-0.2, 0) is 6.42 Å². The fourth-order valence-corrected chi connectivity index (χ4v) is 2.31. The van der Waals surface area contributed by atoms with Gasteiger partial charge in [0.05, 0.1) is 0 Å². The lowest BCUT2D eigenvalue weighted by Crippen LogP contribution is -2.26. The van der Waals surface area contributed by atoms with Gasteiger partial charge in [0, 0.05) is 37.6 Å². The fraction of sp³-hybridized carbons (Fsp3) is 0.571. The number of unbranched alkanes of at least 4 members (excludes halogenated alkanes) is 1. The molecule has 0 saturated heterocycles. The summed E-state index contributed by atoms with van der Waals surface area (Å²) in [6.45, 7) is 6.48. The standard InChI is InChI=1S/C14H23N3/c1-4-6-8-15-12-7-9-17(3)14-13(12)11(5-2)10-16-14/h7,10,15-16H,4-6,8-9H2,1-3H3. The Balaban J connectivity index is 2.21. The van der Waals surface area contributed by atoms with Crippen LogP contribution in [0.2, 0.25) is 0 Å². The molecule has 0 spiro atoms. The van der Waals surface area contributed by atoms with Crippen LogP contribution in [0.25, 0.3) is 5.70 Å². The predicted octanol–water partition coefficient (Wildman–Crippen LogP) is 2.76. The summed E-state index contributed by atoms with van der Waals surface area (Å²) < 4.78 is 0. The molecule has 2 N–H and O–H groups in total. The molecule has 2 heterocycles. The number of fused-ring (bicyclic) bond motifs is 1. The third-order valence-corrected chi connectivity index (χ3v) is 3.39. The van der Waals surface area contributed by atoms with Gasteiger partial charge >= 0.3 is 0 Å². The van der Waals surface area contributed by atoms with Gasteiger partial charge < -0.3 is 15.2 Å². The Bertz CT molecular complexity index is 404. The van der Waals surface area contributed by atoms with Gasteiger partial charge in [-0.15, -0.1) is 0 Å². The van der Waals surface area contributed by atoms with E-state index in [4.69, 9.17) is 0 Å². The van der Waals surface area contributed by atoms with Gasteiger partial charge in [-0.1, -0.05) is 20.3 Å². The van der Waals surface area contributed by atoms with Crippen molar-refractivity contribution < 1.29 is 0 Å². The largest absolute Gasteiger partial charge is 0.385 e. The smallest absolute Gasteiger partial charge is 0.115 e. The van der Waals surface area contributed by atoms with Crippen LogP contribution < -0.4 is 10.2 Å². The third kappa shape index (κ3) is 2.33. The van der Waals surface area contributed by atoms with Crippen molar-refractivity contribution in [3.05, 3.63) is 23.4 Å². The molecule has 3 nitrogen and oxygen atoms in total. The second kappa shape index (κ2) is 5.30. The molecule has 0 atom stereocenters. The van der Waals surface area contributed by atoms with Crippen molar-refractivity contribution in [3.63, 3.8) is 0 Å². The van der Waals surface area contributed by atoms with Crippen LogP contribution in [0.5, 0.6) is 0 Å². The average Bonchev–Trinajstić information content (AvgIpc) is 2.77. The lowest BCUT2D eigenvalue weighted by molar-refractivity contribution is 0.741. The van der Waals surface area contributed by atoms with E-state index >= 15 is 0 Å². The highest BCUT2D eigenvalue weighted by Crippen LogP contribution is 2.31. The Labute approximate surface area is 104 Å². The molecule has 17 heavy (non-hydrogen) atoms. The fourth-order valence-electron chi connectivity index (χ4n) is 2.31. The zero-order chi connectivity index (χ0) is 12.3. The van der Waals surface area contributed by atoms with Crippen molar-refractivity contribution in [3.8, 4) is 0 Å². The maximum absolute atomic E-state index is 3.57. The number of rotatable bonds is 5. The first-order chi connectivity index (χ1) is 8.27. The molecule has 0 aromatic carbocycles. The third-order valence-electron chi connectivity index (χ3n) is 3.39. The van der Waals surface area contributed by atoms with Crippen molar-refractivity contribution in [2.75, 3.05) is 25.0 Å². The molecule has 0 radical (unpaired) electrons. The van der Waals surface area contributed by atoms with E-state index in [0.29, 0.717) is 0 Å². The molecule has 2 rings (SSSR count). The van der Waals surface area contributed by atoms with Crippen molar-refractivity contribution in [1.29, 1.82) is 0 Å². The molecule has 0 amide bonds. The van der Waals surface area contributed by atoms with E-state index in [-0.39, 0.29) is 0 Å². The number of aromatic nitrogens is 1. The minimum Gasteiger partial charge on any atom is -0.385 e. The zero-order valence-corrected chi connectivity index (χ0v) is 11.1. The molecule has 0 aliphatic carbocycles. The molecular formula is C14H23N3. The SMILES string of the molecule is CCCCNC1=CCN(C)c2[nH]cc(CC)c21. The van der Waals surface area contributed by atoms with Crippen LogP contribution in [-0.4, -0.2) is 25.1 Å². The van der Waals surface area contributed by atoms with E-state index in [1.807, 2.05) is 0 Å². The Morgan fingerprint density at radius 1 is 1.41 bits per heavy atom. The summed E-state index contributed by atoms with van der Waals surface area (Å²) in [6.07, 6.45) is 7.98. The molecule has 0 fully saturated rings. The summed E-state index contributed by atoms with van der Waals surface area (Å²) in [4.78, 5) is 5.66. The minimum atomic E-state index is 0.977. The number of aromatic amines is 1. The average molecular weight is 233 g/mol. The minimum absolute atomic E-state index is 0.977. The van der Waals surface area contributed by atoms with Crippen LogP contribution >= 0.6 is 0 Å². The summed E-state index contributed by atoms with van der Waals surface area (Å²) in [5.41, 5.74) is 4.09. The molecule has 3 heteroatoms. The van der Waals surface area contributed by atoms with Crippen molar-refractivity contribution in [2.24, 2.45) is 0 Å². The highest BCUT2D eigenvalue weighted by atomic mass is 15.2. The quantitative estimate of drug-likeness (QED) is 0.766. The molecule has 0 bridgehead atoms. The maximum atomic E-state index is 3.57. The lowest BCUT2D eigenvalue weighted by atomic mass is 10.0. The molecule has 1 aromatic rings. The van der Waals surface area contributed by atoms with E-state index in [1.54, 1.807) is 0 Å². The highest BCUT2D eigenvalue weighted by molar-refractivity contribution is 5.79. The van der Waals surface area contributed by atoms with Gasteiger partial charge in [-0.05, 0) is 24.5 Å². The van der Waals surface area contributed by atoms with Crippen LogP contribution in [0.3, 0.4) is 0 Å². The van der Waals surface area contributed by atoms with Gasteiger partial charge in [-0.3, -0.25) is 0 Å². The molecule has 94 valence electrons. The number of nitrogens with one attached hydrogen (secondary N) is 2. The van der Waals surface area contributed by atoms with E-state index in [2.05, 4.69) is 48.4 Å². The van der Waals surface area contributed by atoms with Gasteiger partial charge in [-0.25, -0.2) is 0 Å². The summed E-state index contributed by atoms with van der Waals surface area (Å²) in [7, 11) is 2.13. The van der Waals surface area contributed by atoms with Crippen LogP contribution in [0, 0.1) is 0 Å². The summed E-state index contributed by atoms with van der Waals surface area (Å²) in [6, 6.07) is 0. The number of hydrogen-bond acceptors (Lipinski definition) is 2. The maximum Gasteiger partial charge on any atom is 0.115 e. The Kier molecular flexibility index (Phi) is 3.77. The summed E-state index contributed by atoms with van der Waals surface area (Å²) in [5.74, 6) is 1.25. The normalized spacial score (nSPS) is 14.5. The van der Waals surface area contributed by atoms with E-state index in [9.17, 15) is 0 Å². The molecule has 0 saturated carbocycles. The van der Waals surface area contributed by atoms with Gasteiger partial charge in [0.25, 0.3) is 0 Å².